The van der Waals surface area contributed by atoms with Crippen LogP contribution in [0, 0.1) is 0 Å². The Labute approximate surface area is 135 Å². The highest BCUT2D eigenvalue weighted by Gasteiger charge is 2.18. The molecule has 128 valence electrons. The summed E-state index contributed by atoms with van der Waals surface area (Å²) in [6.45, 7) is 0.391. The third kappa shape index (κ3) is 5.97. The number of nitrogens with zero attached hydrogens (tertiary/aromatic N) is 1. The van der Waals surface area contributed by atoms with Crippen molar-refractivity contribution in [2.75, 3.05) is 33.9 Å². The monoisotopic (exact) mass is 344 g/mol. The molecule has 0 aliphatic rings. The molecular formula is C14H20N2O6S. The maximum Gasteiger partial charge on any atom is 0.305 e. The topological polar surface area (TPSA) is 113 Å². The van der Waals surface area contributed by atoms with Gasteiger partial charge in [-0.1, -0.05) is 6.07 Å². The number of benzene rings is 1. The molecule has 23 heavy (non-hydrogen) atoms. The predicted molar refractivity (Wildman–Crippen MR) is 82.7 cm³/mol. The summed E-state index contributed by atoms with van der Waals surface area (Å²) < 4.78 is 31.3. The lowest BCUT2D eigenvalue weighted by molar-refractivity contribution is -0.137. The van der Waals surface area contributed by atoms with Crippen molar-refractivity contribution in [3.05, 3.63) is 29.8 Å². The summed E-state index contributed by atoms with van der Waals surface area (Å²) >= 11 is 0. The Hall–Kier alpha value is -1.97. The fourth-order valence-corrected chi connectivity index (χ4v) is 2.80. The van der Waals surface area contributed by atoms with Crippen LogP contribution in [0.1, 0.15) is 16.8 Å². The molecule has 0 atom stereocenters. The zero-order chi connectivity index (χ0) is 17.5. The van der Waals surface area contributed by atoms with Crippen molar-refractivity contribution in [3.63, 3.8) is 0 Å². The number of hydrogen-bond donors (Lipinski definition) is 2. The van der Waals surface area contributed by atoms with Gasteiger partial charge in [-0.05, 0) is 18.2 Å². The van der Waals surface area contributed by atoms with E-state index in [4.69, 9.17) is 9.84 Å². The minimum absolute atomic E-state index is 0.0360. The molecule has 0 aliphatic heterocycles. The number of aliphatic carboxylic acids is 1. The second-order valence-electron chi connectivity index (χ2n) is 4.79. The molecule has 2 N–H and O–H groups in total. The molecule has 1 aromatic carbocycles. The molecule has 0 aromatic heterocycles. The van der Waals surface area contributed by atoms with Crippen molar-refractivity contribution in [2.45, 2.75) is 11.3 Å². The summed E-state index contributed by atoms with van der Waals surface area (Å²) in [5.41, 5.74) is 0.174. The predicted octanol–water partition coefficient (Wildman–Crippen LogP) is 0.158. The second-order valence-corrected chi connectivity index (χ2v) is 6.56. The van der Waals surface area contributed by atoms with E-state index < -0.39 is 21.9 Å². The van der Waals surface area contributed by atoms with Crippen LogP contribution in [0.25, 0.3) is 0 Å². The van der Waals surface area contributed by atoms with Gasteiger partial charge >= 0.3 is 5.97 Å². The molecule has 0 fully saturated rings. The van der Waals surface area contributed by atoms with Gasteiger partial charge in [0.05, 0.1) is 17.9 Å². The van der Waals surface area contributed by atoms with Gasteiger partial charge in [-0.25, -0.2) is 13.1 Å². The number of sulfonamides is 1. The van der Waals surface area contributed by atoms with Crippen molar-refractivity contribution in [1.29, 1.82) is 0 Å². The quantitative estimate of drug-likeness (QED) is 0.617. The minimum atomic E-state index is -3.73. The Morgan fingerprint density at radius 3 is 2.65 bits per heavy atom. The molecule has 0 saturated heterocycles. The molecule has 0 heterocycles. The van der Waals surface area contributed by atoms with Crippen LogP contribution in [0.3, 0.4) is 0 Å². The standard InChI is InChI=1S/C14H20N2O6S/c1-16(8-6-13(17)18)14(19)11-4-3-5-12(10-11)23(20,21)15-7-9-22-2/h3-5,10,15H,6-9H2,1-2H3,(H,17,18). The number of carboxylic acid groups (broad SMARTS) is 1. The Balaban J connectivity index is 2.87. The minimum Gasteiger partial charge on any atom is -0.481 e. The first-order valence-electron chi connectivity index (χ1n) is 6.84. The largest absolute Gasteiger partial charge is 0.481 e. The van der Waals surface area contributed by atoms with Crippen molar-refractivity contribution < 1.29 is 27.9 Å². The highest BCUT2D eigenvalue weighted by atomic mass is 32.2. The summed E-state index contributed by atoms with van der Waals surface area (Å²) in [6.07, 6.45) is -0.182. The van der Waals surface area contributed by atoms with Crippen LogP contribution >= 0.6 is 0 Å². The molecule has 1 rings (SSSR count). The number of methoxy groups -OCH3 is 1. The summed E-state index contributed by atoms with van der Waals surface area (Å²) in [7, 11) is -0.814. The lowest BCUT2D eigenvalue weighted by atomic mass is 10.2. The van der Waals surface area contributed by atoms with Crippen LogP contribution in [0.4, 0.5) is 0 Å². The SMILES string of the molecule is COCCNS(=O)(=O)c1cccc(C(=O)N(C)CCC(=O)O)c1. The first-order valence-corrected chi connectivity index (χ1v) is 8.32. The summed E-state index contributed by atoms with van der Waals surface area (Å²) in [6, 6.07) is 5.58. The van der Waals surface area contributed by atoms with Crippen LogP contribution in [-0.2, 0) is 19.6 Å². The highest BCUT2D eigenvalue weighted by Crippen LogP contribution is 2.13. The van der Waals surface area contributed by atoms with Crippen LogP contribution in [0.5, 0.6) is 0 Å². The van der Waals surface area contributed by atoms with Crippen molar-refractivity contribution in [2.24, 2.45) is 0 Å². The Kier molecular flexibility index (Phi) is 7.14. The molecular weight excluding hydrogens is 324 g/mol. The van der Waals surface area contributed by atoms with E-state index in [0.717, 1.165) is 0 Å². The number of ether oxygens (including phenoxy) is 1. The molecule has 8 nitrogen and oxygen atoms in total. The van der Waals surface area contributed by atoms with Gasteiger partial charge in [0.2, 0.25) is 10.0 Å². The third-order valence-corrected chi connectivity index (χ3v) is 4.46. The normalized spacial score (nSPS) is 11.2. The van der Waals surface area contributed by atoms with Crippen LogP contribution in [0.15, 0.2) is 29.2 Å². The van der Waals surface area contributed by atoms with E-state index in [1.165, 1.54) is 43.3 Å². The van der Waals surface area contributed by atoms with E-state index in [2.05, 4.69) is 4.72 Å². The first kappa shape index (κ1) is 19.1. The van der Waals surface area contributed by atoms with Gasteiger partial charge in [0, 0.05) is 32.8 Å². The van der Waals surface area contributed by atoms with Crippen LogP contribution < -0.4 is 4.72 Å². The van der Waals surface area contributed by atoms with E-state index in [0.29, 0.717) is 0 Å². The third-order valence-electron chi connectivity index (χ3n) is 3.00. The second kappa shape index (κ2) is 8.61. The van der Waals surface area contributed by atoms with Crippen LogP contribution in [-0.4, -0.2) is 64.2 Å². The number of carbonyl (C=O) groups excluding carboxylic acids is 1. The number of nitrogens with one attached hydrogen (secondary N) is 1. The Morgan fingerprint density at radius 2 is 2.04 bits per heavy atom. The maximum absolute atomic E-state index is 12.2. The van der Waals surface area contributed by atoms with Gasteiger partial charge in [-0.2, -0.15) is 0 Å². The zero-order valence-electron chi connectivity index (χ0n) is 13.0. The lowest BCUT2D eigenvalue weighted by Crippen LogP contribution is -2.30. The average molecular weight is 344 g/mol. The van der Waals surface area contributed by atoms with E-state index in [1.54, 1.807) is 0 Å². The van der Waals surface area contributed by atoms with Crippen molar-refractivity contribution in [1.82, 2.24) is 9.62 Å². The Morgan fingerprint density at radius 1 is 1.35 bits per heavy atom. The zero-order valence-corrected chi connectivity index (χ0v) is 13.8. The van der Waals surface area contributed by atoms with Crippen molar-refractivity contribution >= 4 is 21.9 Å². The molecule has 0 saturated carbocycles. The average Bonchev–Trinajstić information content (AvgIpc) is 2.52. The Bertz CT molecular complexity index is 659. The van der Waals surface area contributed by atoms with E-state index >= 15 is 0 Å². The number of rotatable bonds is 9. The number of hydrogen-bond acceptors (Lipinski definition) is 5. The van der Waals surface area contributed by atoms with Crippen LogP contribution in [0.2, 0.25) is 0 Å². The van der Waals surface area contributed by atoms with Gasteiger partial charge in [-0.15, -0.1) is 0 Å². The summed E-state index contributed by atoms with van der Waals surface area (Å²) in [5, 5.41) is 8.63. The lowest BCUT2D eigenvalue weighted by Gasteiger charge is -2.16. The maximum atomic E-state index is 12.2. The molecule has 0 radical (unpaired) electrons. The number of amides is 1. The molecule has 1 amide bonds. The smallest absolute Gasteiger partial charge is 0.305 e. The molecule has 0 aliphatic carbocycles. The van der Waals surface area contributed by atoms with Gasteiger partial charge in [0.25, 0.3) is 5.91 Å². The fraction of sp³-hybridized carbons (Fsp3) is 0.429. The molecule has 0 bridgehead atoms. The van der Waals surface area contributed by atoms with Gasteiger partial charge in [-0.3, -0.25) is 9.59 Å². The molecule has 9 heteroatoms. The van der Waals surface area contributed by atoms with E-state index in [1.807, 2.05) is 0 Å². The van der Waals surface area contributed by atoms with E-state index in [-0.39, 0.29) is 36.6 Å². The van der Waals surface area contributed by atoms with E-state index in [9.17, 15) is 18.0 Å². The summed E-state index contributed by atoms with van der Waals surface area (Å²) in [4.78, 5) is 23.9. The molecule has 0 spiro atoms. The van der Waals surface area contributed by atoms with Crippen molar-refractivity contribution in [3.8, 4) is 0 Å². The summed E-state index contributed by atoms with van der Waals surface area (Å²) in [5.74, 6) is -1.46. The molecule has 0 unspecified atom stereocenters. The molecule has 1 aromatic rings. The van der Waals surface area contributed by atoms with Gasteiger partial charge in [0.1, 0.15) is 0 Å². The number of carboxylic acids is 1. The first-order chi connectivity index (χ1) is 10.8. The van der Waals surface area contributed by atoms with Gasteiger partial charge in [0.15, 0.2) is 0 Å². The highest BCUT2D eigenvalue weighted by molar-refractivity contribution is 7.89. The number of carbonyl (C=O) groups is 2. The fourth-order valence-electron chi connectivity index (χ4n) is 1.74. The van der Waals surface area contributed by atoms with Gasteiger partial charge < -0.3 is 14.7 Å².